The topological polar surface area (TPSA) is 85.1 Å². The van der Waals surface area contributed by atoms with Gasteiger partial charge in [-0.1, -0.05) is 6.07 Å². The number of benzene rings is 1. The monoisotopic (exact) mass is 405 g/mol. The quantitative estimate of drug-likeness (QED) is 0.820. The molecule has 8 heteroatoms. The number of nitrogens with two attached hydrogens (primary N) is 1. The van der Waals surface area contributed by atoms with Crippen LogP contribution in [0.1, 0.15) is 0 Å². The lowest BCUT2D eigenvalue weighted by Gasteiger charge is -2.11. The lowest BCUT2D eigenvalue weighted by molar-refractivity contribution is 0.601. The summed E-state index contributed by atoms with van der Waals surface area (Å²) in [6.45, 7) is 0. The normalized spacial score (nSPS) is 11.3. The lowest BCUT2D eigenvalue weighted by Crippen LogP contribution is -2.14. The number of para-hydroxylation sites is 1. The molecule has 100 valence electrons. The third-order valence-corrected chi connectivity index (χ3v) is 4.93. The van der Waals surface area contributed by atoms with Crippen LogP contribution in [0.4, 0.5) is 11.5 Å². The summed E-state index contributed by atoms with van der Waals surface area (Å²) in [6, 6.07) is 8.10. The van der Waals surface area contributed by atoms with Gasteiger partial charge in [-0.2, -0.15) is 0 Å². The first-order chi connectivity index (χ1) is 8.90. The fourth-order valence-electron chi connectivity index (χ4n) is 1.34. The number of nitrogens with zero attached hydrogens (tertiary/aromatic N) is 1. The molecule has 0 aliphatic heterocycles. The molecular formula is C11H9Br2N3O2S. The Morgan fingerprint density at radius 1 is 1.11 bits per heavy atom. The molecule has 0 saturated heterocycles. The van der Waals surface area contributed by atoms with Crippen molar-refractivity contribution in [3.05, 3.63) is 45.5 Å². The van der Waals surface area contributed by atoms with Crippen molar-refractivity contribution in [1.82, 2.24) is 4.98 Å². The molecule has 0 bridgehead atoms. The van der Waals surface area contributed by atoms with Crippen LogP contribution in [0.5, 0.6) is 0 Å². The summed E-state index contributed by atoms with van der Waals surface area (Å²) in [7, 11) is -3.70. The van der Waals surface area contributed by atoms with Gasteiger partial charge in [0.15, 0.2) is 0 Å². The number of hydrogen-bond acceptors (Lipinski definition) is 4. The standard InChI is InChI=1S/C11H9Br2N3O2S/c12-8-2-1-3-9(13)11(8)16-19(17,18)7-4-5-10(14)15-6-7/h1-6,16H,(H2,14,15). The third kappa shape index (κ3) is 3.26. The number of rotatable bonds is 3. The van der Waals surface area contributed by atoms with Gasteiger partial charge in [0.25, 0.3) is 10.0 Å². The largest absolute Gasteiger partial charge is 0.384 e. The minimum absolute atomic E-state index is 0.0457. The van der Waals surface area contributed by atoms with Crippen LogP contribution in [0.15, 0.2) is 50.4 Å². The molecule has 0 amide bonds. The first-order valence-electron chi connectivity index (χ1n) is 5.08. The second-order valence-corrected chi connectivity index (χ2v) is 7.01. The van der Waals surface area contributed by atoms with Crippen LogP contribution in [0.2, 0.25) is 0 Å². The Morgan fingerprint density at radius 2 is 1.74 bits per heavy atom. The van der Waals surface area contributed by atoms with Gasteiger partial charge >= 0.3 is 0 Å². The predicted molar refractivity (Wildman–Crippen MR) is 81.3 cm³/mol. The molecule has 0 unspecified atom stereocenters. The maximum Gasteiger partial charge on any atom is 0.263 e. The van der Waals surface area contributed by atoms with E-state index < -0.39 is 10.0 Å². The van der Waals surface area contributed by atoms with E-state index >= 15 is 0 Å². The Hall–Kier alpha value is -1.12. The molecule has 0 aliphatic carbocycles. The maximum absolute atomic E-state index is 12.2. The van der Waals surface area contributed by atoms with Crippen molar-refractivity contribution in [3.63, 3.8) is 0 Å². The van der Waals surface area contributed by atoms with E-state index in [9.17, 15) is 8.42 Å². The van der Waals surface area contributed by atoms with Gasteiger partial charge < -0.3 is 5.73 Å². The minimum atomic E-state index is -3.70. The van der Waals surface area contributed by atoms with Gasteiger partial charge in [0, 0.05) is 15.1 Å². The van der Waals surface area contributed by atoms with Gasteiger partial charge in [0.2, 0.25) is 0 Å². The fourth-order valence-corrected chi connectivity index (χ4v) is 3.84. The van der Waals surface area contributed by atoms with Crippen LogP contribution in [-0.2, 0) is 10.0 Å². The molecule has 1 aromatic carbocycles. The van der Waals surface area contributed by atoms with Gasteiger partial charge in [-0.25, -0.2) is 13.4 Å². The highest BCUT2D eigenvalue weighted by Gasteiger charge is 2.17. The molecule has 1 aromatic heterocycles. The van der Waals surface area contributed by atoms with E-state index in [-0.39, 0.29) is 10.7 Å². The van der Waals surface area contributed by atoms with Gasteiger partial charge in [-0.15, -0.1) is 0 Å². The number of halogens is 2. The van der Waals surface area contributed by atoms with E-state index in [1.807, 2.05) is 0 Å². The summed E-state index contributed by atoms with van der Waals surface area (Å²) in [6.07, 6.45) is 1.21. The number of nitrogens with one attached hydrogen (secondary N) is 1. The molecule has 0 radical (unpaired) electrons. The zero-order valence-electron chi connectivity index (χ0n) is 9.47. The Kier molecular flexibility index (Phi) is 4.12. The highest BCUT2D eigenvalue weighted by Crippen LogP contribution is 2.32. The first-order valence-corrected chi connectivity index (χ1v) is 8.15. The van der Waals surface area contributed by atoms with E-state index in [4.69, 9.17) is 5.73 Å². The summed E-state index contributed by atoms with van der Waals surface area (Å²) in [4.78, 5) is 3.81. The summed E-state index contributed by atoms with van der Waals surface area (Å²) < 4.78 is 28.1. The van der Waals surface area contributed by atoms with E-state index in [2.05, 4.69) is 41.6 Å². The Balaban J connectivity index is 2.39. The van der Waals surface area contributed by atoms with E-state index in [1.54, 1.807) is 18.2 Å². The minimum Gasteiger partial charge on any atom is -0.384 e. The van der Waals surface area contributed by atoms with Crippen molar-refractivity contribution in [3.8, 4) is 0 Å². The molecular weight excluding hydrogens is 398 g/mol. The number of anilines is 2. The molecule has 19 heavy (non-hydrogen) atoms. The van der Waals surface area contributed by atoms with Crippen molar-refractivity contribution in [2.24, 2.45) is 0 Å². The molecule has 0 fully saturated rings. The van der Waals surface area contributed by atoms with Crippen LogP contribution >= 0.6 is 31.9 Å². The molecule has 0 atom stereocenters. The Morgan fingerprint density at radius 3 is 2.26 bits per heavy atom. The molecule has 2 rings (SSSR count). The molecule has 3 N–H and O–H groups in total. The smallest absolute Gasteiger partial charge is 0.263 e. The molecule has 2 aromatic rings. The van der Waals surface area contributed by atoms with Crippen molar-refractivity contribution in [2.45, 2.75) is 4.90 Å². The fraction of sp³-hybridized carbons (Fsp3) is 0. The summed E-state index contributed by atoms with van der Waals surface area (Å²) in [5.74, 6) is 0.265. The number of hydrogen-bond donors (Lipinski definition) is 2. The van der Waals surface area contributed by atoms with Crippen molar-refractivity contribution in [2.75, 3.05) is 10.5 Å². The first kappa shape index (κ1) is 14.3. The average Bonchev–Trinajstić information content (AvgIpc) is 2.35. The molecule has 0 spiro atoms. The van der Waals surface area contributed by atoms with Crippen molar-refractivity contribution >= 4 is 53.4 Å². The number of pyridine rings is 1. The Labute approximate surface area is 127 Å². The van der Waals surface area contributed by atoms with Gasteiger partial charge in [0.1, 0.15) is 10.7 Å². The number of nitrogen functional groups attached to an aromatic ring is 1. The van der Waals surface area contributed by atoms with E-state index in [0.29, 0.717) is 14.6 Å². The highest BCUT2D eigenvalue weighted by molar-refractivity contribution is 9.11. The van der Waals surface area contributed by atoms with Crippen LogP contribution in [0.3, 0.4) is 0 Å². The molecule has 0 saturated carbocycles. The second-order valence-electron chi connectivity index (χ2n) is 3.62. The molecule has 0 aliphatic rings. The molecule has 1 heterocycles. The zero-order valence-corrected chi connectivity index (χ0v) is 13.5. The summed E-state index contributed by atoms with van der Waals surface area (Å²) >= 11 is 6.58. The van der Waals surface area contributed by atoms with Crippen LogP contribution < -0.4 is 10.5 Å². The zero-order chi connectivity index (χ0) is 14.0. The summed E-state index contributed by atoms with van der Waals surface area (Å²) in [5, 5.41) is 0. The lowest BCUT2D eigenvalue weighted by atomic mass is 10.3. The van der Waals surface area contributed by atoms with Crippen molar-refractivity contribution < 1.29 is 8.42 Å². The number of aromatic nitrogens is 1. The van der Waals surface area contributed by atoms with Gasteiger partial charge in [0.05, 0.1) is 5.69 Å². The highest BCUT2D eigenvalue weighted by atomic mass is 79.9. The van der Waals surface area contributed by atoms with Gasteiger partial charge in [-0.05, 0) is 56.1 Å². The van der Waals surface area contributed by atoms with Crippen LogP contribution in [0, 0.1) is 0 Å². The Bertz CT molecular complexity index is 682. The molecule has 5 nitrogen and oxygen atoms in total. The average molecular weight is 407 g/mol. The second kappa shape index (κ2) is 5.48. The SMILES string of the molecule is Nc1ccc(S(=O)(=O)Nc2c(Br)cccc2Br)cn1. The predicted octanol–water partition coefficient (Wildman–Crippen LogP) is 2.99. The van der Waals surface area contributed by atoms with Gasteiger partial charge in [-0.3, -0.25) is 4.72 Å². The van der Waals surface area contributed by atoms with E-state index in [0.717, 1.165) is 0 Å². The third-order valence-electron chi connectivity index (χ3n) is 2.27. The van der Waals surface area contributed by atoms with Crippen molar-refractivity contribution in [1.29, 1.82) is 0 Å². The summed E-state index contributed by atoms with van der Waals surface area (Å²) in [5.41, 5.74) is 5.86. The van der Waals surface area contributed by atoms with Crippen LogP contribution in [-0.4, -0.2) is 13.4 Å². The maximum atomic E-state index is 12.2. The number of sulfonamides is 1. The van der Waals surface area contributed by atoms with E-state index in [1.165, 1.54) is 18.3 Å². The van der Waals surface area contributed by atoms with Crippen LogP contribution in [0.25, 0.3) is 0 Å².